The van der Waals surface area contributed by atoms with Crippen LogP contribution in [0.2, 0.25) is 0 Å². The van der Waals surface area contributed by atoms with Crippen LogP contribution < -0.4 is 0 Å². The molecule has 1 N–H and O–H groups in total. The molecule has 0 unspecified atom stereocenters. The zero-order chi connectivity index (χ0) is 10.5. The second-order valence-electron chi connectivity index (χ2n) is 2.24. The summed E-state index contributed by atoms with van der Waals surface area (Å²) in [4.78, 5) is 10.6. The number of hydrogen-bond donors (Lipinski definition) is 1. The van der Waals surface area contributed by atoms with Crippen molar-refractivity contribution in [3.8, 4) is 0 Å². The number of halogens is 3. The lowest BCUT2D eigenvalue weighted by Gasteiger charge is -2.03. The van der Waals surface area contributed by atoms with Crippen LogP contribution in [0.4, 0.5) is 13.2 Å². The fourth-order valence-corrected chi connectivity index (χ4v) is 0.509. The van der Waals surface area contributed by atoms with E-state index < -0.39 is 17.7 Å². The van der Waals surface area contributed by atoms with E-state index in [2.05, 4.69) is 4.74 Å². The van der Waals surface area contributed by atoms with Crippen molar-refractivity contribution in [3.63, 3.8) is 0 Å². The first-order valence-electron chi connectivity index (χ1n) is 3.37. The average molecular weight is 198 g/mol. The Kier molecular flexibility index (Phi) is 4.47. The zero-order valence-corrected chi connectivity index (χ0v) is 6.89. The van der Waals surface area contributed by atoms with E-state index in [0.29, 0.717) is 0 Å². The van der Waals surface area contributed by atoms with Crippen molar-refractivity contribution in [3.05, 3.63) is 11.8 Å². The lowest BCUT2D eigenvalue weighted by atomic mass is 10.2. The summed E-state index contributed by atoms with van der Waals surface area (Å²) in [6, 6.07) is 0. The summed E-state index contributed by atoms with van der Waals surface area (Å²) in [5.74, 6) is -2.70. The molecule has 0 aliphatic rings. The average Bonchev–Trinajstić information content (AvgIpc) is 1.99. The van der Waals surface area contributed by atoms with Gasteiger partial charge in [-0.2, -0.15) is 13.2 Å². The fourth-order valence-electron chi connectivity index (χ4n) is 0.509. The molecule has 0 aromatic carbocycles. The highest BCUT2D eigenvalue weighted by molar-refractivity contribution is 5.90. The second kappa shape index (κ2) is 4.86. The first-order valence-corrected chi connectivity index (χ1v) is 3.37. The summed E-state index contributed by atoms with van der Waals surface area (Å²) >= 11 is 0. The Morgan fingerprint density at radius 3 is 2.46 bits per heavy atom. The topological polar surface area (TPSA) is 46.5 Å². The second-order valence-corrected chi connectivity index (χ2v) is 2.24. The van der Waals surface area contributed by atoms with Gasteiger partial charge in [-0.15, -0.1) is 0 Å². The van der Waals surface area contributed by atoms with Gasteiger partial charge in [-0.05, 0) is 0 Å². The number of carbonyl (C=O) groups is 1. The van der Waals surface area contributed by atoms with Crippen molar-refractivity contribution in [2.45, 2.75) is 12.6 Å². The van der Waals surface area contributed by atoms with E-state index in [4.69, 9.17) is 5.11 Å². The van der Waals surface area contributed by atoms with Crippen molar-refractivity contribution in [2.75, 3.05) is 13.7 Å². The van der Waals surface area contributed by atoms with E-state index in [9.17, 15) is 18.0 Å². The predicted octanol–water partition coefficient (Wildman–Crippen LogP) is 1.60. The number of aliphatic hydroxyl groups is 1. The molecule has 0 aliphatic carbocycles. The molecule has 76 valence electrons. The largest absolute Gasteiger partial charge is 0.504 e. The minimum absolute atomic E-state index is 0.0282. The number of allylic oxidation sites excluding steroid dienone is 2. The molecule has 0 heterocycles. The van der Waals surface area contributed by atoms with E-state index in [-0.39, 0.29) is 19.1 Å². The Morgan fingerprint density at radius 2 is 2.08 bits per heavy atom. The third-order valence-electron chi connectivity index (χ3n) is 1.14. The molecule has 0 aromatic heterocycles. The fraction of sp³-hybridized carbons (Fsp3) is 0.571. The third-order valence-corrected chi connectivity index (χ3v) is 1.14. The Hall–Kier alpha value is -1.04. The van der Waals surface area contributed by atoms with E-state index >= 15 is 0 Å². The van der Waals surface area contributed by atoms with E-state index in [0.717, 1.165) is 0 Å². The lowest BCUT2D eigenvalue weighted by molar-refractivity contribution is -0.125. The van der Waals surface area contributed by atoms with Gasteiger partial charge in [0.1, 0.15) is 0 Å². The van der Waals surface area contributed by atoms with Gasteiger partial charge >= 0.3 is 6.18 Å². The molecule has 0 atom stereocenters. The van der Waals surface area contributed by atoms with Crippen LogP contribution in [0, 0.1) is 0 Å². The summed E-state index contributed by atoms with van der Waals surface area (Å²) < 4.78 is 39.4. The number of rotatable bonds is 4. The van der Waals surface area contributed by atoms with Crippen LogP contribution in [-0.4, -0.2) is 30.8 Å². The molecule has 0 saturated heterocycles. The number of aliphatic hydroxyl groups excluding tert-OH is 1. The highest BCUT2D eigenvalue weighted by Crippen LogP contribution is 2.22. The molecule has 0 amide bonds. The van der Waals surface area contributed by atoms with Crippen LogP contribution in [0.15, 0.2) is 11.8 Å². The van der Waals surface area contributed by atoms with E-state index in [1.165, 1.54) is 7.11 Å². The molecule has 0 saturated carbocycles. The molecule has 0 rings (SSSR count). The summed E-state index contributed by atoms with van der Waals surface area (Å²) in [6.45, 7) is 0.0282. The molecule has 0 bridgehead atoms. The highest BCUT2D eigenvalue weighted by atomic mass is 19.4. The number of ether oxygens (including phenoxy) is 1. The van der Waals surface area contributed by atoms with Crippen molar-refractivity contribution in [1.29, 1.82) is 0 Å². The summed E-state index contributed by atoms with van der Waals surface area (Å²) in [6.07, 6.45) is -4.89. The minimum atomic E-state index is -4.86. The molecular formula is C7H9F3O3. The van der Waals surface area contributed by atoms with Crippen LogP contribution in [-0.2, 0) is 9.53 Å². The maximum atomic E-state index is 11.6. The maximum absolute atomic E-state index is 11.6. The normalized spacial score (nSPS) is 13.1. The number of hydrogen-bond acceptors (Lipinski definition) is 3. The molecule has 0 fully saturated rings. The number of carbonyl (C=O) groups excluding carboxylic acids is 1. The number of methoxy groups -OCH3 is 1. The van der Waals surface area contributed by atoms with Gasteiger partial charge in [-0.25, -0.2) is 0 Å². The smallest absolute Gasteiger partial charge is 0.448 e. The van der Waals surface area contributed by atoms with Gasteiger partial charge in [0.15, 0.2) is 5.78 Å². The Balaban J connectivity index is 4.15. The Bertz CT molecular complexity index is 208. The van der Waals surface area contributed by atoms with Gasteiger partial charge in [-0.3, -0.25) is 4.79 Å². The Labute approximate surface area is 72.8 Å². The van der Waals surface area contributed by atoms with E-state index in [1.807, 2.05) is 0 Å². The van der Waals surface area contributed by atoms with Crippen LogP contribution in [0.3, 0.4) is 0 Å². The van der Waals surface area contributed by atoms with Crippen molar-refractivity contribution < 1.29 is 27.8 Å². The number of alkyl halides is 3. The standard InChI is InChI=1S/C7H9F3O3/c1-13-3-2-5(11)4-6(12)7(8,9)10/h4,12H,2-3H2,1H3. The quantitative estimate of drug-likeness (QED) is 0.551. The summed E-state index contributed by atoms with van der Waals surface area (Å²) in [5, 5.41) is 8.33. The molecule has 6 heteroatoms. The summed E-state index contributed by atoms with van der Waals surface area (Å²) in [5.41, 5.74) is 0. The molecule has 0 spiro atoms. The van der Waals surface area contributed by atoms with Crippen molar-refractivity contribution >= 4 is 5.78 Å². The van der Waals surface area contributed by atoms with Crippen LogP contribution in [0.1, 0.15) is 6.42 Å². The van der Waals surface area contributed by atoms with Crippen molar-refractivity contribution in [2.24, 2.45) is 0 Å². The summed E-state index contributed by atoms with van der Waals surface area (Å²) in [7, 11) is 1.32. The van der Waals surface area contributed by atoms with Crippen LogP contribution in [0.5, 0.6) is 0 Å². The van der Waals surface area contributed by atoms with Crippen LogP contribution >= 0.6 is 0 Å². The van der Waals surface area contributed by atoms with E-state index in [1.54, 1.807) is 0 Å². The molecule has 0 radical (unpaired) electrons. The number of ketones is 1. The molecule has 0 aromatic rings. The third kappa shape index (κ3) is 5.24. The molecule has 0 aliphatic heterocycles. The van der Waals surface area contributed by atoms with Gasteiger partial charge in [0.25, 0.3) is 0 Å². The Morgan fingerprint density at radius 1 is 1.54 bits per heavy atom. The molecular weight excluding hydrogens is 189 g/mol. The van der Waals surface area contributed by atoms with Gasteiger partial charge in [0.05, 0.1) is 6.61 Å². The highest BCUT2D eigenvalue weighted by Gasteiger charge is 2.34. The monoisotopic (exact) mass is 198 g/mol. The van der Waals surface area contributed by atoms with Gasteiger partial charge in [0, 0.05) is 19.6 Å². The van der Waals surface area contributed by atoms with Gasteiger partial charge in [-0.1, -0.05) is 0 Å². The zero-order valence-electron chi connectivity index (χ0n) is 6.89. The van der Waals surface area contributed by atoms with Crippen LogP contribution in [0.25, 0.3) is 0 Å². The lowest BCUT2D eigenvalue weighted by Crippen LogP contribution is -2.13. The van der Waals surface area contributed by atoms with Gasteiger partial charge < -0.3 is 9.84 Å². The SMILES string of the molecule is COCCC(=O)C=C(O)C(F)(F)F. The molecule has 3 nitrogen and oxygen atoms in total. The minimum Gasteiger partial charge on any atom is -0.504 e. The maximum Gasteiger partial charge on any atom is 0.448 e. The van der Waals surface area contributed by atoms with Crippen molar-refractivity contribution in [1.82, 2.24) is 0 Å². The predicted molar refractivity (Wildman–Crippen MR) is 38.3 cm³/mol. The molecule has 13 heavy (non-hydrogen) atoms. The first kappa shape index (κ1) is 12.0. The van der Waals surface area contributed by atoms with Gasteiger partial charge in [0.2, 0.25) is 5.76 Å². The first-order chi connectivity index (χ1) is 5.88.